The Morgan fingerprint density at radius 3 is 2.43 bits per heavy atom. The first-order valence-electron chi connectivity index (χ1n) is 10.4. The number of hydrogen-bond acceptors (Lipinski definition) is 5. The number of ether oxygens (including phenoxy) is 1. The number of rotatable bonds is 6. The molecule has 160 valence electrons. The first kappa shape index (κ1) is 21.8. The number of carbonyl (C=O) groups is 2. The van der Waals surface area contributed by atoms with Crippen molar-refractivity contribution in [1.29, 1.82) is 0 Å². The molecule has 7 nitrogen and oxygen atoms in total. The SMILES string of the molecule is CC(C)Nc1ncccc1C(=O)NCc1ccc(C(=O)N2CC(C)OC(C)C2)cc1. The van der Waals surface area contributed by atoms with Crippen LogP contribution < -0.4 is 10.6 Å². The fourth-order valence-corrected chi connectivity index (χ4v) is 3.55. The van der Waals surface area contributed by atoms with Gasteiger partial charge in [-0.15, -0.1) is 0 Å². The van der Waals surface area contributed by atoms with Crippen molar-refractivity contribution in [2.75, 3.05) is 18.4 Å². The minimum Gasteiger partial charge on any atom is -0.372 e. The molecule has 1 aromatic heterocycles. The second-order valence-corrected chi connectivity index (χ2v) is 8.05. The van der Waals surface area contributed by atoms with Gasteiger partial charge in [-0.3, -0.25) is 9.59 Å². The molecule has 0 radical (unpaired) electrons. The largest absolute Gasteiger partial charge is 0.372 e. The van der Waals surface area contributed by atoms with E-state index in [-0.39, 0.29) is 30.1 Å². The molecule has 2 N–H and O–H groups in total. The second kappa shape index (κ2) is 9.71. The molecule has 7 heteroatoms. The van der Waals surface area contributed by atoms with Crippen LogP contribution in [-0.4, -0.2) is 53.0 Å². The Morgan fingerprint density at radius 2 is 1.80 bits per heavy atom. The fourth-order valence-electron chi connectivity index (χ4n) is 3.55. The van der Waals surface area contributed by atoms with Crippen molar-refractivity contribution < 1.29 is 14.3 Å². The van der Waals surface area contributed by atoms with E-state index < -0.39 is 0 Å². The molecule has 0 bridgehead atoms. The normalized spacial score (nSPS) is 18.9. The molecule has 2 aromatic rings. The van der Waals surface area contributed by atoms with Gasteiger partial charge in [0.25, 0.3) is 11.8 Å². The van der Waals surface area contributed by atoms with Gasteiger partial charge in [-0.05, 0) is 57.5 Å². The third-order valence-corrected chi connectivity index (χ3v) is 4.84. The predicted octanol–water partition coefficient (Wildman–Crippen LogP) is 3.08. The first-order valence-corrected chi connectivity index (χ1v) is 10.4. The summed E-state index contributed by atoms with van der Waals surface area (Å²) < 4.78 is 5.70. The highest BCUT2D eigenvalue weighted by Crippen LogP contribution is 2.16. The number of carbonyl (C=O) groups excluding carboxylic acids is 2. The van der Waals surface area contributed by atoms with Gasteiger partial charge in [-0.2, -0.15) is 0 Å². The molecule has 1 aliphatic heterocycles. The van der Waals surface area contributed by atoms with Crippen molar-refractivity contribution in [3.63, 3.8) is 0 Å². The molecular weight excluding hydrogens is 380 g/mol. The van der Waals surface area contributed by atoms with Crippen molar-refractivity contribution in [3.05, 3.63) is 59.3 Å². The van der Waals surface area contributed by atoms with Gasteiger partial charge < -0.3 is 20.3 Å². The number of benzene rings is 1. The van der Waals surface area contributed by atoms with Crippen LogP contribution in [0.1, 0.15) is 54.0 Å². The summed E-state index contributed by atoms with van der Waals surface area (Å²) in [4.78, 5) is 31.5. The zero-order valence-corrected chi connectivity index (χ0v) is 18.0. The van der Waals surface area contributed by atoms with Crippen LogP contribution in [0.5, 0.6) is 0 Å². The van der Waals surface area contributed by atoms with E-state index in [1.54, 1.807) is 18.3 Å². The fraction of sp³-hybridized carbons (Fsp3) is 0.435. The van der Waals surface area contributed by atoms with Gasteiger partial charge >= 0.3 is 0 Å². The minimum absolute atomic E-state index is 0.00680. The van der Waals surface area contributed by atoms with E-state index in [9.17, 15) is 9.59 Å². The number of aromatic nitrogens is 1. The number of nitrogens with one attached hydrogen (secondary N) is 2. The van der Waals surface area contributed by atoms with Crippen LogP contribution in [0.2, 0.25) is 0 Å². The zero-order chi connectivity index (χ0) is 21.7. The highest BCUT2D eigenvalue weighted by atomic mass is 16.5. The molecule has 1 saturated heterocycles. The van der Waals surface area contributed by atoms with Crippen LogP contribution in [-0.2, 0) is 11.3 Å². The molecule has 2 atom stereocenters. The predicted molar refractivity (Wildman–Crippen MR) is 117 cm³/mol. The number of hydrogen-bond donors (Lipinski definition) is 2. The molecule has 30 heavy (non-hydrogen) atoms. The molecule has 1 fully saturated rings. The highest BCUT2D eigenvalue weighted by molar-refractivity contribution is 5.98. The Bertz CT molecular complexity index is 872. The van der Waals surface area contributed by atoms with E-state index >= 15 is 0 Å². The van der Waals surface area contributed by atoms with Crippen molar-refractivity contribution in [2.24, 2.45) is 0 Å². The zero-order valence-electron chi connectivity index (χ0n) is 18.0. The average molecular weight is 411 g/mol. The van der Waals surface area contributed by atoms with Crippen LogP contribution in [0.3, 0.4) is 0 Å². The van der Waals surface area contributed by atoms with E-state index in [0.29, 0.717) is 36.6 Å². The Kier molecular flexibility index (Phi) is 7.05. The smallest absolute Gasteiger partial charge is 0.255 e. The van der Waals surface area contributed by atoms with Gasteiger partial charge in [0, 0.05) is 37.4 Å². The Morgan fingerprint density at radius 1 is 1.13 bits per heavy atom. The van der Waals surface area contributed by atoms with Gasteiger partial charge in [-0.25, -0.2) is 4.98 Å². The number of morpholine rings is 1. The Balaban J connectivity index is 1.60. The maximum Gasteiger partial charge on any atom is 0.255 e. The van der Waals surface area contributed by atoms with Crippen molar-refractivity contribution in [1.82, 2.24) is 15.2 Å². The lowest BCUT2D eigenvalue weighted by Crippen LogP contribution is -2.48. The van der Waals surface area contributed by atoms with Gasteiger partial charge in [-0.1, -0.05) is 12.1 Å². The lowest BCUT2D eigenvalue weighted by Gasteiger charge is -2.35. The van der Waals surface area contributed by atoms with Gasteiger partial charge in [0.05, 0.1) is 17.8 Å². The second-order valence-electron chi connectivity index (χ2n) is 8.05. The monoisotopic (exact) mass is 410 g/mol. The van der Waals surface area contributed by atoms with Crippen LogP contribution in [0, 0.1) is 0 Å². The van der Waals surface area contributed by atoms with Crippen LogP contribution in [0.15, 0.2) is 42.6 Å². The van der Waals surface area contributed by atoms with E-state index in [2.05, 4.69) is 15.6 Å². The third kappa shape index (κ3) is 5.57. The van der Waals surface area contributed by atoms with E-state index in [1.165, 1.54) is 0 Å². The van der Waals surface area contributed by atoms with Gasteiger partial charge in [0.1, 0.15) is 5.82 Å². The molecule has 2 amide bonds. The van der Waals surface area contributed by atoms with Crippen LogP contribution in [0.4, 0.5) is 5.82 Å². The molecule has 1 aliphatic rings. The summed E-state index contributed by atoms with van der Waals surface area (Å²) in [6.07, 6.45) is 1.73. The van der Waals surface area contributed by atoms with E-state index in [4.69, 9.17) is 4.74 Å². The summed E-state index contributed by atoms with van der Waals surface area (Å²) >= 11 is 0. The molecule has 1 aromatic carbocycles. The number of pyridine rings is 1. The van der Waals surface area contributed by atoms with E-state index in [0.717, 1.165) is 5.56 Å². The van der Waals surface area contributed by atoms with Crippen molar-refractivity contribution >= 4 is 17.6 Å². The maximum atomic E-state index is 12.8. The molecule has 0 aliphatic carbocycles. The van der Waals surface area contributed by atoms with Crippen LogP contribution >= 0.6 is 0 Å². The molecule has 0 saturated carbocycles. The van der Waals surface area contributed by atoms with Crippen molar-refractivity contribution in [3.8, 4) is 0 Å². The summed E-state index contributed by atoms with van der Waals surface area (Å²) in [7, 11) is 0. The topological polar surface area (TPSA) is 83.6 Å². The quantitative estimate of drug-likeness (QED) is 0.765. The summed E-state index contributed by atoms with van der Waals surface area (Å²) in [6, 6.07) is 11.0. The Hall–Kier alpha value is -2.93. The van der Waals surface area contributed by atoms with Gasteiger partial charge in [0.2, 0.25) is 0 Å². The summed E-state index contributed by atoms with van der Waals surface area (Å²) in [5, 5.41) is 6.11. The molecule has 2 unspecified atom stereocenters. The molecule has 2 heterocycles. The third-order valence-electron chi connectivity index (χ3n) is 4.84. The number of amides is 2. The summed E-state index contributed by atoms with van der Waals surface area (Å²) in [5.41, 5.74) is 2.07. The lowest BCUT2D eigenvalue weighted by atomic mass is 10.1. The number of nitrogens with zero attached hydrogens (tertiary/aromatic N) is 2. The first-order chi connectivity index (χ1) is 14.3. The van der Waals surface area contributed by atoms with Gasteiger partial charge in [0.15, 0.2) is 0 Å². The summed E-state index contributed by atoms with van der Waals surface area (Å²) in [5.74, 6) is 0.384. The van der Waals surface area contributed by atoms with Crippen molar-refractivity contribution in [2.45, 2.75) is 52.5 Å². The summed E-state index contributed by atoms with van der Waals surface area (Å²) in [6.45, 7) is 9.51. The molecular formula is C23H30N4O3. The highest BCUT2D eigenvalue weighted by Gasteiger charge is 2.26. The standard InChI is InChI=1S/C23H30N4O3/c1-15(2)26-21-20(6-5-11-24-21)22(28)25-12-18-7-9-19(10-8-18)23(29)27-13-16(3)30-17(4)14-27/h5-11,15-17H,12-14H2,1-4H3,(H,24,26)(H,25,28). The average Bonchev–Trinajstić information content (AvgIpc) is 2.71. The minimum atomic E-state index is -0.192. The molecule has 0 spiro atoms. The lowest BCUT2D eigenvalue weighted by molar-refractivity contribution is -0.0586. The van der Waals surface area contributed by atoms with Crippen LogP contribution in [0.25, 0.3) is 0 Å². The maximum absolute atomic E-state index is 12.8. The number of anilines is 1. The molecule has 3 rings (SSSR count). The Labute approximate surface area is 177 Å². The van der Waals surface area contributed by atoms with E-state index in [1.807, 2.05) is 56.9 Å².